The fraction of sp³-hybridized carbons (Fsp3) is 0.294. The van der Waals surface area contributed by atoms with Gasteiger partial charge in [-0.25, -0.2) is 4.39 Å². The first-order valence-electron chi connectivity index (χ1n) is 6.89. The lowest BCUT2D eigenvalue weighted by atomic mass is 10.0. The molecule has 0 aliphatic heterocycles. The van der Waals surface area contributed by atoms with Crippen molar-refractivity contribution in [3.05, 3.63) is 59.9 Å². The second-order valence-electron chi connectivity index (χ2n) is 4.74. The van der Waals surface area contributed by atoms with Crippen molar-refractivity contribution in [2.45, 2.75) is 25.8 Å². The number of nitrogens with one attached hydrogen (secondary N) is 1. The second-order valence-corrected chi connectivity index (χ2v) is 4.74. The van der Waals surface area contributed by atoms with E-state index in [-0.39, 0.29) is 11.9 Å². The fourth-order valence-electron chi connectivity index (χ4n) is 2.23. The Labute approximate surface area is 119 Å². The summed E-state index contributed by atoms with van der Waals surface area (Å²) in [4.78, 5) is 0. The van der Waals surface area contributed by atoms with E-state index in [2.05, 4.69) is 24.4 Å². The van der Waals surface area contributed by atoms with Crippen molar-refractivity contribution < 1.29 is 9.13 Å². The number of anilines is 1. The molecule has 0 aliphatic carbocycles. The Bertz CT molecular complexity index is 542. The van der Waals surface area contributed by atoms with Crippen LogP contribution in [0.4, 0.5) is 10.1 Å². The van der Waals surface area contributed by atoms with Crippen LogP contribution in [0.25, 0.3) is 0 Å². The highest BCUT2D eigenvalue weighted by molar-refractivity contribution is 5.51. The van der Waals surface area contributed by atoms with Crippen molar-refractivity contribution in [3.63, 3.8) is 0 Å². The van der Waals surface area contributed by atoms with Gasteiger partial charge in [0.2, 0.25) is 0 Å². The predicted octanol–water partition coefficient (Wildman–Crippen LogP) is 4.79. The molecule has 0 aromatic heterocycles. The highest BCUT2D eigenvalue weighted by Crippen LogP contribution is 2.28. The third kappa shape index (κ3) is 3.50. The molecule has 1 unspecified atom stereocenters. The van der Waals surface area contributed by atoms with Gasteiger partial charge in [-0.2, -0.15) is 0 Å². The summed E-state index contributed by atoms with van der Waals surface area (Å²) >= 11 is 0. The Kier molecular flexibility index (Phi) is 4.99. The fourth-order valence-corrected chi connectivity index (χ4v) is 2.23. The van der Waals surface area contributed by atoms with E-state index in [1.165, 1.54) is 6.07 Å². The molecule has 3 heteroatoms. The van der Waals surface area contributed by atoms with Gasteiger partial charge in [-0.15, -0.1) is 0 Å². The van der Waals surface area contributed by atoms with Crippen LogP contribution in [0.3, 0.4) is 0 Å². The molecule has 2 aromatic carbocycles. The van der Waals surface area contributed by atoms with E-state index in [9.17, 15) is 4.39 Å². The quantitative estimate of drug-likeness (QED) is 0.817. The maximum absolute atomic E-state index is 13.9. The van der Waals surface area contributed by atoms with Gasteiger partial charge in [0.15, 0.2) is 0 Å². The van der Waals surface area contributed by atoms with Gasteiger partial charge in [-0.3, -0.25) is 0 Å². The van der Waals surface area contributed by atoms with E-state index in [1.807, 2.05) is 18.2 Å². The molecule has 106 valence electrons. The summed E-state index contributed by atoms with van der Waals surface area (Å²) in [6.45, 7) is 2.12. The van der Waals surface area contributed by atoms with Gasteiger partial charge in [0, 0.05) is 6.07 Å². The Hall–Kier alpha value is -2.03. The molecule has 0 fully saturated rings. The normalized spacial score (nSPS) is 11.9. The number of benzene rings is 2. The molecule has 0 heterocycles. The molecule has 0 aliphatic rings. The van der Waals surface area contributed by atoms with Crippen molar-refractivity contribution in [2.24, 2.45) is 0 Å². The molecule has 2 rings (SSSR count). The Morgan fingerprint density at radius 3 is 2.55 bits per heavy atom. The highest BCUT2D eigenvalue weighted by atomic mass is 19.1. The number of methoxy groups -OCH3 is 1. The van der Waals surface area contributed by atoms with Gasteiger partial charge in [0.25, 0.3) is 0 Å². The van der Waals surface area contributed by atoms with Crippen LogP contribution >= 0.6 is 0 Å². The molecule has 0 bridgehead atoms. The van der Waals surface area contributed by atoms with Crippen molar-refractivity contribution >= 4 is 5.69 Å². The van der Waals surface area contributed by atoms with Crippen LogP contribution in [-0.4, -0.2) is 7.11 Å². The molecule has 0 spiro atoms. The van der Waals surface area contributed by atoms with E-state index < -0.39 is 0 Å². The zero-order valence-electron chi connectivity index (χ0n) is 11.9. The van der Waals surface area contributed by atoms with Gasteiger partial charge in [0.1, 0.15) is 11.6 Å². The van der Waals surface area contributed by atoms with Crippen molar-refractivity contribution in [1.82, 2.24) is 0 Å². The molecule has 1 atom stereocenters. The van der Waals surface area contributed by atoms with Gasteiger partial charge in [0.05, 0.1) is 18.8 Å². The molecule has 0 saturated carbocycles. The third-order valence-electron chi connectivity index (χ3n) is 3.28. The Balaban J connectivity index is 2.24. The molecule has 0 radical (unpaired) electrons. The molecule has 0 saturated heterocycles. The summed E-state index contributed by atoms with van der Waals surface area (Å²) in [6, 6.07) is 15.0. The molecular formula is C17H20FNO. The zero-order chi connectivity index (χ0) is 14.4. The summed E-state index contributed by atoms with van der Waals surface area (Å²) in [7, 11) is 1.58. The Morgan fingerprint density at radius 1 is 1.15 bits per heavy atom. The van der Waals surface area contributed by atoms with Crippen molar-refractivity contribution in [3.8, 4) is 5.75 Å². The third-order valence-corrected chi connectivity index (χ3v) is 3.28. The number of rotatable bonds is 6. The van der Waals surface area contributed by atoms with Crippen molar-refractivity contribution in [1.29, 1.82) is 0 Å². The van der Waals surface area contributed by atoms with Gasteiger partial charge in [-0.05, 0) is 24.1 Å². The minimum atomic E-state index is -0.261. The van der Waals surface area contributed by atoms with Crippen LogP contribution in [0.5, 0.6) is 5.75 Å². The van der Waals surface area contributed by atoms with Crippen LogP contribution < -0.4 is 10.1 Å². The lowest BCUT2D eigenvalue weighted by Gasteiger charge is -2.20. The van der Waals surface area contributed by atoms with E-state index in [0.717, 1.165) is 18.4 Å². The van der Waals surface area contributed by atoms with Gasteiger partial charge < -0.3 is 10.1 Å². The zero-order valence-corrected chi connectivity index (χ0v) is 11.9. The van der Waals surface area contributed by atoms with Crippen molar-refractivity contribution in [2.75, 3.05) is 12.4 Å². The minimum Gasteiger partial charge on any atom is -0.497 e. The average Bonchev–Trinajstić information content (AvgIpc) is 2.49. The summed E-state index contributed by atoms with van der Waals surface area (Å²) < 4.78 is 19.1. The SMILES string of the molecule is CCCC(Nc1cc(OC)ccc1F)c1ccccc1. The lowest BCUT2D eigenvalue weighted by molar-refractivity contribution is 0.414. The maximum Gasteiger partial charge on any atom is 0.146 e. The summed E-state index contributed by atoms with van der Waals surface area (Å²) in [5.74, 6) is 0.389. The van der Waals surface area contributed by atoms with Gasteiger partial charge >= 0.3 is 0 Å². The second kappa shape index (κ2) is 6.94. The van der Waals surface area contributed by atoms with E-state index >= 15 is 0 Å². The smallest absolute Gasteiger partial charge is 0.146 e. The first-order valence-corrected chi connectivity index (χ1v) is 6.89. The first-order chi connectivity index (χ1) is 9.74. The average molecular weight is 273 g/mol. The summed E-state index contributed by atoms with van der Waals surface area (Å²) in [5.41, 5.74) is 1.64. The van der Waals surface area contributed by atoms with Gasteiger partial charge in [-0.1, -0.05) is 43.7 Å². The number of halogens is 1. The molecule has 20 heavy (non-hydrogen) atoms. The predicted molar refractivity (Wildman–Crippen MR) is 80.7 cm³/mol. The molecule has 2 nitrogen and oxygen atoms in total. The number of hydrogen-bond acceptors (Lipinski definition) is 2. The molecule has 2 aromatic rings. The number of hydrogen-bond donors (Lipinski definition) is 1. The Morgan fingerprint density at radius 2 is 1.90 bits per heavy atom. The summed E-state index contributed by atoms with van der Waals surface area (Å²) in [5, 5.41) is 3.28. The van der Waals surface area contributed by atoms with Crippen LogP contribution in [0.2, 0.25) is 0 Å². The van der Waals surface area contributed by atoms with Crippen LogP contribution in [0, 0.1) is 5.82 Å². The standard InChI is InChI=1S/C17H20FNO/c1-3-7-16(13-8-5-4-6-9-13)19-17-12-14(20-2)10-11-15(17)18/h4-6,8-12,16,19H,3,7H2,1-2H3. The largest absolute Gasteiger partial charge is 0.497 e. The highest BCUT2D eigenvalue weighted by Gasteiger charge is 2.13. The molecule has 0 amide bonds. The molecular weight excluding hydrogens is 253 g/mol. The van der Waals surface area contributed by atoms with Crippen LogP contribution in [0.15, 0.2) is 48.5 Å². The van der Waals surface area contributed by atoms with Crippen LogP contribution in [0.1, 0.15) is 31.4 Å². The van der Waals surface area contributed by atoms with Crippen LogP contribution in [-0.2, 0) is 0 Å². The monoisotopic (exact) mass is 273 g/mol. The van der Waals surface area contributed by atoms with E-state index in [0.29, 0.717) is 11.4 Å². The first kappa shape index (κ1) is 14.4. The van der Waals surface area contributed by atoms with E-state index in [1.54, 1.807) is 19.2 Å². The lowest BCUT2D eigenvalue weighted by Crippen LogP contribution is -2.11. The topological polar surface area (TPSA) is 21.3 Å². The minimum absolute atomic E-state index is 0.0998. The number of ether oxygens (including phenoxy) is 1. The maximum atomic E-state index is 13.9. The summed E-state index contributed by atoms with van der Waals surface area (Å²) in [6.07, 6.45) is 1.97. The van der Waals surface area contributed by atoms with E-state index in [4.69, 9.17) is 4.74 Å². The molecule has 1 N–H and O–H groups in total.